The molecule has 1 aliphatic heterocycles. The van der Waals surface area contributed by atoms with Crippen LogP contribution in [0.1, 0.15) is 12.0 Å². The van der Waals surface area contributed by atoms with Gasteiger partial charge >= 0.3 is 0 Å². The fourth-order valence-corrected chi connectivity index (χ4v) is 2.42. The molecule has 0 aromatic heterocycles. The lowest BCUT2D eigenvalue weighted by Gasteiger charge is -2.11. The van der Waals surface area contributed by atoms with Gasteiger partial charge in [0.1, 0.15) is 5.82 Å². The molecule has 0 atom stereocenters. The summed E-state index contributed by atoms with van der Waals surface area (Å²) in [7, 11) is 1.81. The molecule has 1 aliphatic rings. The van der Waals surface area contributed by atoms with Crippen molar-refractivity contribution < 1.29 is 13.9 Å². The van der Waals surface area contributed by atoms with E-state index in [9.17, 15) is 4.39 Å². The van der Waals surface area contributed by atoms with Crippen LogP contribution in [-0.4, -0.2) is 20.3 Å². The standard InChI is InChI=1S/C17H18FNO2/c1-19-11-14-9-12(3-5-15(14)18)13-4-6-16-17(10-13)21-8-2-7-20-16/h3-6,9-10,19H,2,7-8,11H2,1H3. The molecule has 3 rings (SSSR count). The van der Waals surface area contributed by atoms with E-state index >= 15 is 0 Å². The van der Waals surface area contributed by atoms with Gasteiger partial charge in [0, 0.05) is 18.5 Å². The summed E-state index contributed by atoms with van der Waals surface area (Å²) in [6.07, 6.45) is 0.882. The van der Waals surface area contributed by atoms with Crippen molar-refractivity contribution >= 4 is 0 Å². The zero-order valence-corrected chi connectivity index (χ0v) is 12.0. The second-order valence-electron chi connectivity index (χ2n) is 5.05. The van der Waals surface area contributed by atoms with Gasteiger partial charge in [0.2, 0.25) is 0 Å². The topological polar surface area (TPSA) is 30.5 Å². The molecule has 4 heteroatoms. The maximum atomic E-state index is 13.7. The Morgan fingerprint density at radius 3 is 2.52 bits per heavy atom. The van der Waals surface area contributed by atoms with Crippen molar-refractivity contribution in [2.45, 2.75) is 13.0 Å². The molecule has 3 nitrogen and oxygen atoms in total. The first-order chi connectivity index (χ1) is 10.3. The number of benzene rings is 2. The maximum absolute atomic E-state index is 13.7. The molecule has 0 saturated carbocycles. The summed E-state index contributed by atoms with van der Waals surface area (Å²) in [5, 5.41) is 2.98. The van der Waals surface area contributed by atoms with Crippen molar-refractivity contribution in [3.05, 3.63) is 47.8 Å². The molecule has 2 aromatic carbocycles. The quantitative estimate of drug-likeness (QED) is 0.939. The average molecular weight is 287 g/mol. The van der Waals surface area contributed by atoms with Crippen LogP contribution in [0.25, 0.3) is 11.1 Å². The van der Waals surface area contributed by atoms with E-state index in [-0.39, 0.29) is 5.82 Å². The van der Waals surface area contributed by atoms with E-state index in [1.807, 2.05) is 24.3 Å². The van der Waals surface area contributed by atoms with Crippen LogP contribution in [0.15, 0.2) is 36.4 Å². The van der Waals surface area contributed by atoms with Crippen molar-refractivity contribution in [1.29, 1.82) is 0 Å². The van der Waals surface area contributed by atoms with Gasteiger partial charge < -0.3 is 14.8 Å². The number of hydrogen-bond acceptors (Lipinski definition) is 3. The summed E-state index contributed by atoms with van der Waals surface area (Å²) < 4.78 is 25.0. The minimum absolute atomic E-state index is 0.192. The molecule has 110 valence electrons. The van der Waals surface area contributed by atoms with Gasteiger partial charge in [-0.1, -0.05) is 12.1 Å². The summed E-state index contributed by atoms with van der Waals surface area (Å²) in [6.45, 7) is 1.84. The molecule has 0 amide bonds. The van der Waals surface area contributed by atoms with Crippen LogP contribution in [0.4, 0.5) is 4.39 Å². The number of ether oxygens (including phenoxy) is 2. The minimum atomic E-state index is -0.192. The molecular formula is C17H18FNO2. The average Bonchev–Trinajstić information content (AvgIpc) is 2.74. The molecule has 0 spiro atoms. The molecular weight excluding hydrogens is 269 g/mol. The predicted octanol–water partition coefficient (Wildman–Crippen LogP) is 3.37. The van der Waals surface area contributed by atoms with Gasteiger partial charge in [0.25, 0.3) is 0 Å². The Morgan fingerprint density at radius 1 is 1.00 bits per heavy atom. The van der Waals surface area contributed by atoms with E-state index in [1.165, 1.54) is 6.07 Å². The van der Waals surface area contributed by atoms with Crippen molar-refractivity contribution in [3.63, 3.8) is 0 Å². The van der Waals surface area contributed by atoms with Crippen LogP contribution in [0, 0.1) is 5.82 Å². The van der Waals surface area contributed by atoms with Crippen LogP contribution in [0.3, 0.4) is 0 Å². The molecule has 1 heterocycles. The highest BCUT2D eigenvalue weighted by Crippen LogP contribution is 2.34. The molecule has 1 N–H and O–H groups in total. The van der Waals surface area contributed by atoms with Crippen molar-refractivity contribution in [1.82, 2.24) is 5.32 Å². The van der Waals surface area contributed by atoms with Gasteiger partial charge in [0.05, 0.1) is 13.2 Å². The van der Waals surface area contributed by atoms with Crippen molar-refractivity contribution in [2.24, 2.45) is 0 Å². The Morgan fingerprint density at radius 2 is 1.71 bits per heavy atom. The van der Waals surface area contributed by atoms with Crippen molar-refractivity contribution in [3.8, 4) is 22.6 Å². The summed E-state index contributed by atoms with van der Waals surface area (Å²) >= 11 is 0. The first-order valence-corrected chi connectivity index (χ1v) is 7.11. The molecule has 0 radical (unpaired) electrons. The van der Waals surface area contributed by atoms with Gasteiger partial charge in [-0.2, -0.15) is 0 Å². The van der Waals surface area contributed by atoms with E-state index in [1.54, 1.807) is 13.1 Å². The molecule has 2 aromatic rings. The van der Waals surface area contributed by atoms with Gasteiger partial charge in [-0.05, 0) is 42.4 Å². The largest absolute Gasteiger partial charge is 0.490 e. The summed E-state index contributed by atoms with van der Waals surface area (Å²) in [5.74, 6) is 1.33. The highest BCUT2D eigenvalue weighted by atomic mass is 19.1. The van der Waals surface area contributed by atoms with Crippen LogP contribution < -0.4 is 14.8 Å². The Kier molecular flexibility index (Phi) is 4.06. The normalized spacial score (nSPS) is 13.8. The summed E-state index contributed by atoms with van der Waals surface area (Å²) in [5.41, 5.74) is 2.62. The third-order valence-corrected chi connectivity index (χ3v) is 3.49. The smallest absolute Gasteiger partial charge is 0.161 e. The third kappa shape index (κ3) is 3.00. The second kappa shape index (κ2) is 6.14. The van der Waals surface area contributed by atoms with Crippen molar-refractivity contribution in [2.75, 3.05) is 20.3 Å². The number of rotatable bonds is 3. The molecule has 0 unspecified atom stereocenters. The highest BCUT2D eigenvalue weighted by Gasteiger charge is 2.12. The van der Waals surface area contributed by atoms with E-state index in [0.717, 1.165) is 29.0 Å². The molecule has 0 saturated heterocycles. The van der Waals surface area contributed by atoms with Crippen LogP contribution in [-0.2, 0) is 6.54 Å². The highest BCUT2D eigenvalue weighted by molar-refractivity contribution is 5.68. The fraction of sp³-hybridized carbons (Fsp3) is 0.294. The molecule has 0 fully saturated rings. The van der Waals surface area contributed by atoms with Crippen LogP contribution in [0.5, 0.6) is 11.5 Å². The molecule has 0 bridgehead atoms. The lowest BCUT2D eigenvalue weighted by atomic mass is 10.0. The zero-order valence-electron chi connectivity index (χ0n) is 12.0. The third-order valence-electron chi connectivity index (χ3n) is 3.49. The lowest BCUT2D eigenvalue weighted by Crippen LogP contribution is -2.07. The maximum Gasteiger partial charge on any atom is 0.161 e. The predicted molar refractivity (Wildman–Crippen MR) is 80.2 cm³/mol. The van der Waals surface area contributed by atoms with E-state index < -0.39 is 0 Å². The molecule has 0 aliphatic carbocycles. The fourth-order valence-electron chi connectivity index (χ4n) is 2.42. The Hall–Kier alpha value is -2.07. The Bertz CT molecular complexity index is 643. The lowest BCUT2D eigenvalue weighted by molar-refractivity contribution is 0.297. The SMILES string of the molecule is CNCc1cc(-c2ccc3c(c2)OCCCO3)ccc1F. The number of halogens is 1. The minimum Gasteiger partial charge on any atom is -0.490 e. The van der Waals surface area contributed by atoms with Crippen LogP contribution >= 0.6 is 0 Å². The number of nitrogens with one attached hydrogen (secondary N) is 1. The summed E-state index contributed by atoms with van der Waals surface area (Å²) in [4.78, 5) is 0. The Labute approximate surface area is 123 Å². The van der Waals surface area contributed by atoms with Gasteiger partial charge in [-0.25, -0.2) is 4.39 Å². The number of hydrogen-bond donors (Lipinski definition) is 1. The zero-order chi connectivity index (χ0) is 14.7. The monoisotopic (exact) mass is 287 g/mol. The van der Waals surface area contributed by atoms with E-state index in [0.29, 0.717) is 25.3 Å². The van der Waals surface area contributed by atoms with E-state index in [4.69, 9.17) is 9.47 Å². The van der Waals surface area contributed by atoms with Crippen LogP contribution in [0.2, 0.25) is 0 Å². The second-order valence-corrected chi connectivity index (χ2v) is 5.05. The molecule has 21 heavy (non-hydrogen) atoms. The van der Waals surface area contributed by atoms with Gasteiger partial charge in [-0.15, -0.1) is 0 Å². The van der Waals surface area contributed by atoms with Gasteiger partial charge in [0.15, 0.2) is 11.5 Å². The number of fused-ring (bicyclic) bond motifs is 1. The van der Waals surface area contributed by atoms with E-state index in [2.05, 4.69) is 5.32 Å². The first kappa shape index (κ1) is 13.9. The Balaban J connectivity index is 1.97. The first-order valence-electron chi connectivity index (χ1n) is 7.11. The van der Waals surface area contributed by atoms with Gasteiger partial charge in [-0.3, -0.25) is 0 Å². The summed E-state index contributed by atoms with van der Waals surface area (Å²) in [6, 6.07) is 11.0.